The van der Waals surface area contributed by atoms with E-state index in [1.54, 1.807) is 4.90 Å². The van der Waals surface area contributed by atoms with Crippen molar-refractivity contribution in [3.63, 3.8) is 0 Å². The quantitative estimate of drug-likeness (QED) is 0.739. The van der Waals surface area contributed by atoms with Crippen LogP contribution < -0.4 is 5.32 Å². The van der Waals surface area contributed by atoms with Crippen LogP contribution in [0, 0.1) is 0 Å². The van der Waals surface area contributed by atoms with Crippen molar-refractivity contribution >= 4 is 12.0 Å². The van der Waals surface area contributed by atoms with Crippen molar-refractivity contribution in [3.05, 3.63) is 0 Å². The lowest BCUT2D eigenvalue weighted by molar-refractivity contribution is -0.137. The Morgan fingerprint density at radius 3 is 2.78 bits per heavy atom. The Hall–Kier alpha value is -1.30. The third kappa shape index (κ3) is 3.87. The van der Waals surface area contributed by atoms with Gasteiger partial charge in [0.1, 0.15) is 0 Å². The third-order valence-electron chi connectivity index (χ3n) is 3.38. The zero-order valence-electron chi connectivity index (χ0n) is 11.2. The van der Waals surface area contributed by atoms with Crippen LogP contribution in [0.15, 0.2) is 0 Å². The van der Waals surface area contributed by atoms with Crippen molar-refractivity contribution in [1.29, 1.82) is 0 Å². The van der Waals surface area contributed by atoms with E-state index >= 15 is 0 Å². The molecule has 1 heterocycles. The second-order valence-electron chi connectivity index (χ2n) is 5.05. The predicted molar refractivity (Wildman–Crippen MR) is 66.5 cm³/mol. The van der Waals surface area contributed by atoms with Crippen molar-refractivity contribution in [3.8, 4) is 0 Å². The first-order valence-electron chi connectivity index (χ1n) is 6.25. The summed E-state index contributed by atoms with van der Waals surface area (Å²) in [5.41, 5.74) is -0.351. The lowest BCUT2D eigenvalue weighted by Gasteiger charge is -2.44. The van der Waals surface area contributed by atoms with Gasteiger partial charge in [-0.05, 0) is 27.2 Å². The summed E-state index contributed by atoms with van der Waals surface area (Å²) in [6.45, 7) is 7.35. The molecule has 6 heteroatoms. The molecule has 0 bridgehead atoms. The van der Waals surface area contributed by atoms with E-state index in [0.29, 0.717) is 26.1 Å². The van der Waals surface area contributed by atoms with Gasteiger partial charge in [-0.1, -0.05) is 0 Å². The molecular weight excluding hydrogens is 236 g/mol. The normalized spacial score (nSPS) is 22.6. The van der Waals surface area contributed by atoms with Gasteiger partial charge in [0.2, 0.25) is 0 Å². The fraction of sp³-hybridized carbons (Fsp3) is 0.833. The number of hydrogen-bond donors (Lipinski definition) is 2. The fourth-order valence-electron chi connectivity index (χ4n) is 1.91. The summed E-state index contributed by atoms with van der Waals surface area (Å²) in [4.78, 5) is 24.0. The molecule has 0 aliphatic carbocycles. The van der Waals surface area contributed by atoms with E-state index in [1.165, 1.54) is 0 Å². The van der Waals surface area contributed by atoms with Gasteiger partial charge in [-0.25, -0.2) is 4.79 Å². The first-order chi connectivity index (χ1) is 8.34. The van der Waals surface area contributed by atoms with Gasteiger partial charge in [0.25, 0.3) is 0 Å². The van der Waals surface area contributed by atoms with Crippen LogP contribution in [-0.2, 0) is 9.53 Å². The smallest absolute Gasteiger partial charge is 0.317 e. The van der Waals surface area contributed by atoms with E-state index in [4.69, 9.17) is 9.84 Å². The maximum atomic E-state index is 12.0. The molecule has 0 radical (unpaired) electrons. The van der Waals surface area contributed by atoms with Crippen molar-refractivity contribution in [1.82, 2.24) is 10.2 Å². The highest BCUT2D eigenvalue weighted by molar-refractivity contribution is 5.75. The summed E-state index contributed by atoms with van der Waals surface area (Å²) < 4.78 is 5.62. The van der Waals surface area contributed by atoms with Gasteiger partial charge in [-0.15, -0.1) is 0 Å². The zero-order valence-corrected chi connectivity index (χ0v) is 11.2. The molecule has 2 N–H and O–H groups in total. The van der Waals surface area contributed by atoms with Crippen LogP contribution in [0.4, 0.5) is 4.79 Å². The van der Waals surface area contributed by atoms with Gasteiger partial charge < -0.3 is 20.1 Å². The number of rotatable bonds is 4. The monoisotopic (exact) mass is 258 g/mol. The molecule has 2 amide bonds. The second kappa shape index (κ2) is 6.04. The van der Waals surface area contributed by atoms with Gasteiger partial charge in [0.05, 0.1) is 18.2 Å². The van der Waals surface area contributed by atoms with Crippen molar-refractivity contribution in [2.45, 2.75) is 45.3 Å². The summed E-state index contributed by atoms with van der Waals surface area (Å²) >= 11 is 0. The number of nitrogens with one attached hydrogen (secondary N) is 1. The number of amides is 2. The number of carbonyl (C=O) groups excluding carboxylic acids is 1. The van der Waals surface area contributed by atoms with Crippen molar-refractivity contribution < 1.29 is 19.4 Å². The number of morpholine rings is 1. The highest BCUT2D eigenvalue weighted by Gasteiger charge is 2.37. The molecule has 1 unspecified atom stereocenters. The largest absolute Gasteiger partial charge is 0.481 e. The Labute approximate surface area is 107 Å². The van der Waals surface area contributed by atoms with Crippen LogP contribution in [0.25, 0.3) is 0 Å². The molecule has 18 heavy (non-hydrogen) atoms. The van der Waals surface area contributed by atoms with Crippen molar-refractivity contribution in [2.24, 2.45) is 0 Å². The van der Waals surface area contributed by atoms with E-state index in [0.717, 1.165) is 0 Å². The van der Waals surface area contributed by atoms with Crippen molar-refractivity contribution in [2.75, 3.05) is 19.7 Å². The average Bonchev–Trinajstić information content (AvgIpc) is 2.27. The van der Waals surface area contributed by atoms with E-state index in [9.17, 15) is 9.59 Å². The van der Waals surface area contributed by atoms with Crippen LogP contribution in [0.5, 0.6) is 0 Å². The zero-order chi connectivity index (χ0) is 13.8. The summed E-state index contributed by atoms with van der Waals surface area (Å²) in [7, 11) is 0. The molecule has 1 atom stereocenters. The molecule has 0 aromatic carbocycles. The maximum Gasteiger partial charge on any atom is 0.317 e. The van der Waals surface area contributed by atoms with Crippen LogP contribution >= 0.6 is 0 Å². The fourth-order valence-corrected chi connectivity index (χ4v) is 1.91. The number of nitrogens with zero attached hydrogens (tertiary/aromatic N) is 1. The molecule has 1 aliphatic heterocycles. The number of carbonyl (C=O) groups is 2. The molecule has 104 valence electrons. The molecule has 1 saturated heterocycles. The highest BCUT2D eigenvalue weighted by atomic mass is 16.5. The average molecular weight is 258 g/mol. The molecule has 0 aromatic rings. The molecule has 1 rings (SSSR count). The molecule has 1 aliphatic rings. The summed E-state index contributed by atoms with van der Waals surface area (Å²) in [6, 6.07) is -0.157. The maximum absolute atomic E-state index is 12.0. The standard InChI is InChI=1S/C12H22N2O4/c1-9-12(2,3)18-8-7-14(9)11(17)13-6-4-5-10(15)16/h9H,4-8H2,1-3H3,(H,13,17)(H,15,16). The Balaban J connectivity index is 2.39. The van der Waals surface area contributed by atoms with Gasteiger partial charge in [0.15, 0.2) is 0 Å². The lowest BCUT2D eigenvalue weighted by atomic mass is 9.97. The number of urea groups is 1. The third-order valence-corrected chi connectivity index (χ3v) is 3.38. The molecule has 0 saturated carbocycles. The second-order valence-corrected chi connectivity index (χ2v) is 5.05. The Morgan fingerprint density at radius 1 is 1.50 bits per heavy atom. The minimum atomic E-state index is -0.842. The molecular formula is C12H22N2O4. The topological polar surface area (TPSA) is 78.9 Å². The first kappa shape index (κ1) is 14.8. The molecule has 0 spiro atoms. The molecule has 6 nitrogen and oxygen atoms in total. The van der Waals surface area contributed by atoms with Crippen LogP contribution in [0.3, 0.4) is 0 Å². The number of ether oxygens (including phenoxy) is 1. The minimum absolute atomic E-state index is 0.00859. The Bertz CT molecular complexity index is 317. The first-order valence-corrected chi connectivity index (χ1v) is 6.25. The van der Waals surface area contributed by atoms with Gasteiger partial charge in [0, 0.05) is 19.5 Å². The summed E-state index contributed by atoms with van der Waals surface area (Å²) in [6.07, 6.45) is 0.521. The van der Waals surface area contributed by atoms with Crippen LogP contribution in [-0.4, -0.2) is 53.3 Å². The number of carboxylic acids is 1. The highest BCUT2D eigenvalue weighted by Crippen LogP contribution is 2.24. The molecule has 0 aromatic heterocycles. The van der Waals surface area contributed by atoms with E-state index in [-0.39, 0.29) is 24.1 Å². The van der Waals surface area contributed by atoms with E-state index in [1.807, 2.05) is 20.8 Å². The minimum Gasteiger partial charge on any atom is -0.481 e. The van der Waals surface area contributed by atoms with Gasteiger partial charge >= 0.3 is 12.0 Å². The number of carboxylic acid groups (broad SMARTS) is 1. The van der Waals surface area contributed by atoms with Gasteiger partial charge in [-0.3, -0.25) is 4.79 Å². The lowest BCUT2D eigenvalue weighted by Crippen LogP contribution is -2.59. The number of hydrogen-bond acceptors (Lipinski definition) is 3. The summed E-state index contributed by atoms with van der Waals surface area (Å²) in [5, 5.41) is 11.2. The molecule has 1 fully saturated rings. The van der Waals surface area contributed by atoms with E-state index in [2.05, 4.69) is 5.32 Å². The van der Waals surface area contributed by atoms with Gasteiger partial charge in [-0.2, -0.15) is 0 Å². The van der Waals surface area contributed by atoms with E-state index < -0.39 is 5.97 Å². The van der Waals surface area contributed by atoms with Crippen LogP contribution in [0.2, 0.25) is 0 Å². The Kier molecular flexibility index (Phi) is 4.95. The Morgan fingerprint density at radius 2 is 2.17 bits per heavy atom. The summed E-state index contributed by atoms with van der Waals surface area (Å²) in [5.74, 6) is -0.842. The number of aliphatic carboxylic acids is 1. The van der Waals surface area contributed by atoms with Crippen LogP contribution in [0.1, 0.15) is 33.6 Å². The predicted octanol–water partition coefficient (Wildman–Crippen LogP) is 1.06. The SMILES string of the molecule is CC1N(C(=O)NCCCC(=O)O)CCOC1(C)C.